The van der Waals surface area contributed by atoms with E-state index in [0.717, 1.165) is 6.92 Å². The van der Waals surface area contributed by atoms with Crippen molar-refractivity contribution in [3.05, 3.63) is 11.6 Å². The number of hydrogen-bond donors (Lipinski definition) is 0. The summed E-state index contributed by atoms with van der Waals surface area (Å²) in [5, 5.41) is 0. The monoisotopic (exact) mass is 632 g/mol. The van der Waals surface area contributed by atoms with Crippen LogP contribution in [0.3, 0.4) is 0 Å². The Morgan fingerprint density at radius 3 is 1.05 bits per heavy atom. The molecule has 1 unspecified atom stereocenters. The van der Waals surface area contributed by atoms with Crippen LogP contribution in [0.15, 0.2) is 11.6 Å². The van der Waals surface area contributed by atoms with Crippen molar-refractivity contribution < 1.29 is 102 Å². The topological polar surface area (TPSA) is 26.3 Å². The summed E-state index contributed by atoms with van der Waals surface area (Å²) in [4.78, 5) is 11.2. The minimum Gasteiger partial charge on any atom is -0.463 e. The molecular weight excluding hydrogens is 623 g/mol. The zero-order chi connectivity index (χ0) is 32.3. The highest BCUT2D eigenvalue weighted by atomic mass is 19.4. The number of carbonyl (C=O) groups excluding carboxylic acids is 1. The van der Waals surface area contributed by atoms with E-state index in [1.807, 2.05) is 0 Å². The summed E-state index contributed by atoms with van der Waals surface area (Å²) in [7, 11) is 0. The fourth-order valence-corrected chi connectivity index (χ4v) is 2.35. The summed E-state index contributed by atoms with van der Waals surface area (Å²) >= 11 is 0. The number of rotatable bonds is 10. The van der Waals surface area contributed by atoms with Crippen LogP contribution in [0.5, 0.6) is 0 Å². The van der Waals surface area contributed by atoms with Gasteiger partial charge in [-0.3, -0.25) is 0 Å². The van der Waals surface area contributed by atoms with Gasteiger partial charge in [-0.05, 0) is 19.9 Å². The van der Waals surface area contributed by atoms with E-state index < -0.39 is 83.7 Å². The minimum absolute atomic E-state index is 0.146. The summed E-state index contributed by atoms with van der Waals surface area (Å²) in [6, 6.07) is 0. The smallest absolute Gasteiger partial charge is 0.460 e. The van der Waals surface area contributed by atoms with Crippen LogP contribution >= 0.6 is 0 Å². The molecule has 0 aliphatic carbocycles. The van der Waals surface area contributed by atoms with E-state index in [9.17, 15) is 97.0 Å². The van der Waals surface area contributed by atoms with Gasteiger partial charge in [0.15, 0.2) is 0 Å². The molecule has 0 aliphatic rings. The van der Waals surface area contributed by atoms with Crippen LogP contribution in [-0.2, 0) is 9.53 Å². The van der Waals surface area contributed by atoms with Gasteiger partial charge in [0.1, 0.15) is 0 Å². The maximum absolute atomic E-state index is 14.4. The SMILES string of the molecule is CCOC(=O)C(C)=CC(F)(C(F)(F)F)C(F)(F)C(F)(F)C(F)(F)C(F)(F)C(F)(F)C(F)(F)C(F)(F)C(F)(F)F. The Bertz CT molecular complexity index is 941. The molecule has 0 aromatic rings. The molecule has 23 heteroatoms. The Hall–Kier alpha value is -2.26. The van der Waals surface area contributed by atoms with Crippen molar-refractivity contribution in [1.29, 1.82) is 0 Å². The van der Waals surface area contributed by atoms with Gasteiger partial charge in [-0.2, -0.15) is 87.8 Å². The number of halogens is 21. The summed E-state index contributed by atoms with van der Waals surface area (Å²) in [5.41, 5.74) is -9.59. The molecule has 232 valence electrons. The number of ether oxygens (including phenoxy) is 1. The highest BCUT2D eigenvalue weighted by Crippen LogP contribution is 2.66. The van der Waals surface area contributed by atoms with E-state index in [0.29, 0.717) is 0 Å². The van der Waals surface area contributed by atoms with Crippen LogP contribution in [0, 0.1) is 0 Å². The maximum Gasteiger partial charge on any atom is 0.460 e. The van der Waals surface area contributed by atoms with E-state index in [1.54, 1.807) is 0 Å². The van der Waals surface area contributed by atoms with Crippen molar-refractivity contribution in [3.8, 4) is 0 Å². The third kappa shape index (κ3) is 4.94. The molecule has 2 nitrogen and oxygen atoms in total. The number of carbonyl (C=O) groups is 1. The van der Waals surface area contributed by atoms with Crippen LogP contribution in [-0.4, -0.2) is 72.1 Å². The maximum atomic E-state index is 14.4. The van der Waals surface area contributed by atoms with E-state index >= 15 is 0 Å². The Morgan fingerprint density at radius 2 is 0.795 bits per heavy atom. The highest BCUT2D eigenvalue weighted by molar-refractivity contribution is 5.88. The van der Waals surface area contributed by atoms with Crippen molar-refractivity contribution >= 4 is 5.97 Å². The molecule has 0 aromatic heterocycles. The van der Waals surface area contributed by atoms with Gasteiger partial charge >= 0.3 is 59.8 Å². The summed E-state index contributed by atoms with van der Waals surface area (Å²) < 4.78 is 283. The van der Waals surface area contributed by atoms with Gasteiger partial charge in [0.25, 0.3) is 5.67 Å². The molecule has 0 N–H and O–H groups in total. The first kappa shape index (κ1) is 36.7. The third-order valence-corrected chi connectivity index (χ3v) is 4.60. The molecule has 0 aliphatic heterocycles. The third-order valence-electron chi connectivity index (χ3n) is 4.60. The lowest BCUT2D eigenvalue weighted by Gasteiger charge is -2.45. The predicted molar refractivity (Wildman–Crippen MR) is 81.0 cm³/mol. The van der Waals surface area contributed by atoms with Crippen LogP contribution in [0.1, 0.15) is 13.8 Å². The first-order valence-electron chi connectivity index (χ1n) is 8.95. The van der Waals surface area contributed by atoms with Gasteiger partial charge in [-0.15, -0.1) is 0 Å². The molecule has 0 bridgehead atoms. The molecule has 0 fully saturated rings. The van der Waals surface area contributed by atoms with Crippen LogP contribution in [0.4, 0.5) is 92.2 Å². The lowest BCUT2D eigenvalue weighted by Crippen LogP contribution is -2.77. The largest absolute Gasteiger partial charge is 0.463 e. The predicted octanol–water partition coefficient (Wildman–Crippen LogP) is 7.78. The number of esters is 1. The molecule has 0 aromatic carbocycles. The molecule has 1 atom stereocenters. The summed E-state index contributed by atoms with van der Waals surface area (Å²) in [6.07, 6.45) is -17.7. The summed E-state index contributed by atoms with van der Waals surface area (Å²) in [5.74, 6) is -64.7. The number of allylic oxidation sites excluding steroid dienone is 1. The Labute approximate surface area is 200 Å². The fourth-order valence-electron chi connectivity index (χ4n) is 2.35. The second-order valence-electron chi connectivity index (χ2n) is 7.28. The van der Waals surface area contributed by atoms with Crippen LogP contribution in [0.2, 0.25) is 0 Å². The van der Waals surface area contributed by atoms with Gasteiger partial charge < -0.3 is 4.74 Å². The summed E-state index contributed by atoms with van der Waals surface area (Å²) in [6.45, 7) is -0.160. The standard InChI is InChI=1S/C16H9F21O2/c1-3-39-6(38)5(2)4-7(17,15(32,33)34)8(18,19)9(20,21)10(22,23)11(24,25)12(26,27)13(28,29)14(30,31)16(35,36)37/h4H,3H2,1-2H3. The molecule has 0 amide bonds. The fraction of sp³-hybridized carbons (Fsp3) is 0.812. The van der Waals surface area contributed by atoms with E-state index in [1.165, 1.54) is 0 Å². The minimum atomic E-state index is -9.21. The molecule has 0 heterocycles. The second-order valence-corrected chi connectivity index (χ2v) is 7.28. The second kappa shape index (κ2) is 9.68. The Kier molecular flexibility index (Phi) is 9.12. The highest BCUT2D eigenvalue weighted by Gasteiger charge is 2.97. The molecule has 0 saturated carbocycles. The molecule has 0 spiro atoms. The number of alkyl halides is 21. The number of hydrogen-bond acceptors (Lipinski definition) is 2. The lowest BCUT2D eigenvalue weighted by atomic mass is 9.82. The molecular formula is C16H9F21O2. The van der Waals surface area contributed by atoms with E-state index in [4.69, 9.17) is 0 Å². The van der Waals surface area contributed by atoms with Gasteiger partial charge in [0.2, 0.25) is 0 Å². The van der Waals surface area contributed by atoms with E-state index in [2.05, 4.69) is 4.74 Å². The Balaban J connectivity index is 7.40. The first-order valence-corrected chi connectivity index (χ1v) is 8.95. The van der Waals surface area contributed by atoms with Crippen LogP contribution in [0.25, 0.3) is 0 Å². The van der Waals surface area contributed by atoms with E-state index in [-0.39, 0.29) is 6.92 Å². The average molecular weight is 632 g/mol. The van der Waals surface area contributed by atoms with Crippen molar-refractivity contribution in [2.24, 2.45) is 0 Å². The van der Waals surface area contributed by atoms with Crippen molar-refractivity contribution in [3.63, 3.8) is 0 Å². The first-order chi connectivity index (χ1) is 16.6. The lowest BCUT2D eigenvalue weighted by molar-refractivity contribution is -0.469. The zero-order valence-corrected chi connectivity index (χ0v) is 18.0. The van der Waals surface area contributed by atoms with Gasteiger partial charge in [-0.1, -0.05) is 0 Å². The average Bonchev–Trinajstić information content (AvgIpc) is 2.70. The quantitative estimate of drug-likeness (QED) is 0.140. The molecule has 0 saturated heterocycles. The normalized spacial score (nSPS) is 17.7. The molecule has 39 heavy (non-hydrogen) atoms. The molecule has 0 rings (SSSR count). The van der Waals surface area contributed by atoms with Gasteiger partial charge in [0, 0.05) is 5.57 Å². The molecule has 0 radical (unpaired) electrons. The van der Waals surface area contributed by atoms with Crippen molar-refractivity contribution in [1.82, 2.24) is 0 Å². The van der Waals surface area contributed by atoms with Gasteiger partial charge in [0.05, 0.1) is 6.61 Å². The van der Waals surface area contributed by atoms with Crippen molar-refractivity contribution in [2.75, 3.05) is 6.61 Å². The van der Waals surface area contributed by atoms with Crippen molar-refractivity contribution in [2.45, 2.75) is 73.3 Å². The van der Waals surface area contributed by atoms with Gasteiger partial charge in [-0.25, -0.2) is 9.18 Å². The zero-order valence-electron chi connectivity index (χ0n) is 18.0. The van der Waals surface area contributed by atoms with Crippen LogP contribution < -0.4 is 0 Å². The Morgan fingerprint density at radius 1 is 0.513 bits per heavy atom.